The largest absolute Gasteiger partial charge is 0.369 e. The Bertz CT molecular complexity index is 727. The Labute approximate surface area is 139 Å². The molecule has 7 nitrogen and oxygen atoms in total. The third-order valence-electron chi connectivity index (χ3n) is 3.55. The van der Waals surface area contributed by atoms with Gasteiger partial charge in [0.1, 0.15) is 11.6 Å². The van der Waals surface area contributed by atoms with Crippen LogP contribution < -0.4 is 16.4 Å². The topological polar surface area (TPSA) is 102 Å². The Hall–Kier alpha value is -2.90. The lowest BCUT2D eigenvalue weighted by molar-refractivity contribution is -0.121. The van der Waals surface area contributed by atoms with E-state index in [9.17, 15) is 14.0 Å². The van der Waals surface area contributed by atoms with E-state index in [0.29, 0.717) is 12.2 Å². The van der Waals surface area contributed by atoms with E-state index in [1.54, 1.807) is 29.9 Å². The maximum absolute atomic E-state index is 12.9. The Kier molecular flexibility index (Phi) is 5.51. The van der Waals surface area contributed by atoms with E-state index in [-0.39, 0.29) is 12.4 Å². The van der Waals surface area contributed by atoms with Crippen molar-refractivity contribution in [3.8, 4) is 0 Å². The molecule has 4 N–H and O–H groups in total. The summed E-state index contributed by atoms with van der Waals surface area (Å²) in [6.07, 6.45) is 0.320. The zero-order valence-electron chi connectivity index (χ0n) is 13.5. The first-order chi connectivity index (χ1) is 11.3. The lowest BCUT2D eigenvalue weighted by Gasteiger charge is -2.15. The molecule has 0 aliphatic heterocycles. The van der Waals surface area contributed by atoms with Gasteiger partial charge in [-0.15, -0.1) is 0 Å². The predicted octanol–water partition coefficient (Wildman–Crippen LogP) is 1.33. The van der Waals surface area contributed by atoms with Gasteiger partial charge in [0.15, 0.2) is 0 Å². The molecule has 2 aromatic rings. The van der Waals surface area contributed by atoms with Crippen molar-refractivity contribution < 1.29 is 14.0 Å². The number of anilines is 1. The van der Waals surface area contributed by atoms with Crippen LogP contribution in [0, 0.1) is 18.7 Å². The van der Waals surface area contributed by atoms with Crippen LogP contribution >= 0.6 is 0 Å². The molecule has 0 fully saturated rings. The third-order valence-corrected chi connectivity index (χ3v) is 3.55. The molecule has 3 amide bonds. The van der Waals surface area contributed by atoms with Crippen molar-refractivity contribution in [2.75, 3.05) is 11.9 Å². The number of nitrogens with one attached hydrogen (secondary N) is 2. The molecule has 1 unspecified atom stereocenters. The smallest absolute Gasteiger partial charge is 0.320 e. The number of primary amides is 1. The van der Waals surface area contributed by atoms with Gasteiger partial charge in [0.05, 0.1) is 11.6 Å². The number of nitrogens with two attached hydrogens (primary N) is 1. The normalized spacial score (nSPS) is 11.8. The lowest BCUT2D eigenvalue weighted by Crippen LogP contribution is -2.39. The second-order valence-electron chi connectivity index (χ2n) is 5.56. The van der Waals surface area contributed by atoms with E-state index in [4.69, 9.17) is 5.73 Å². The van der Waals surface area contributed by atoms with E-state index >= 15 is 0 Å². The number of benzene rings is 1. The van der Waals surface area contributed by atoms with Crippen LogP contribution in [0.4, 0.5) is 15.0 Å². The van der Waals surface area contributed by atoms with Crippen LogP contribution in [0.3, 0.4) is 0 Å². The number of hydrogen-bond acceptors (Lipinski definition) is 3. The van der Waals surface area contributed by atoms with E-state index in [1.807, 2.05) is 6.92 Å². The Morgan fingerprint density at radius 3 is 2.54 bits per heavy atom. The molecule has 1 aromatic carbocycles. The number of carbonyl (C=O) groups is 2. The number of aromatic nitrogens is 2. The van der Waals surface area contributed by atoms with Gasteiger partial charge in [0.2, 0.25) is 5.91 Å². The number of halogens is 1. The van der Waals surface area contributed by atoms with Crippen molar-refractivity contribution in [3.05, 3.63) is 47.4 Å². The first-order valence-corrected chi connectivity index (χ1v) is 7.44. The summed E-state index contributed by atoms with van der Waals surface area (Å²) >= 11 is 0. The average molecular weight is 333 g/mol. The quantitative estimate of drug-likeness (QED) is 0.743. The molecular formula is C16H20FN5O2. The number of hydrogen-bond donors (Lipinski definition) is 3. The Morgan fingerprint density at radius 2 is 2.00 bits per heavy atom. The summed E-state index contributed by atoms with van der Waals surface area (Å²) in [5.74, 6) is -0.928. The summed E-state index contributed by atoms with van der Waals surface area (Å²) in [6.45, 7) is 1.89. The molecule has 128 valence electrons. The van der Waals surface area contributed by atoms with Gasteiger partial charge in [-0.1, -0.05) is 12.1 Å². The predicted molar refractivity (Wildman–Crippen MR) is 87.8 cm³/mol. The summed E-state index contributed by atoms with van der Waals surface area (Å²) in [4.78, 5) is 23.5. The van der Waals surface area contributed by atoms with Crippen molar-refractivity contribution in [2.24, 2.45) is 18.7 Å². The number of rotatable bonds is 6. The van der Waals surface area contributed by atoms with Gasteiger partial charge in [-0.3, -0.25) is 14.8 Å². The molecule has 1 aromatic heterocycles. The third kappa shape index (κ3) is 4.80. The molecule has 0 spiro atoms. The van der Waals surface area contributed by atoms with Gasteiger partial charge in [-0.05, 0) is 31.0 Å². The van der Waals surface area contributed by atoms with Crippen molar-refractivity contribution >= 4 is 17.8 Å². The van der Waals surface area contributed by atoms with Crippen LogP contribution in [0.1, 0.15) is 11.3 Å². The van der Waals surface area contributed by atoms with Crippen LogP contribution in [0.15, 0.2) is 30.3 Å². The van der Waals surface area contributed by atoms with Crippen LogP contribution in [-0.4, -0.2) is 28.3 Å². The Balaban J connectivity index is 1.91. The van der Waals surface area contributed by atoms with Gasteiger partial charge >= 0.3 is 6.03 Å². The molecule has 2 rings (SSSR count). The number of aryl methyl sites for hydroxylation is 2. The van der Waals surface area contributed by atoms with Crippen molar-refractivity contribution in [1.82, 2.24) is 15.1 Å². The van der Waals surface area contributed by atoms with E-state index in [0.717, 1.165) is 11.3 Å². The standard InChI is InChI=1S/C16H20FN5O2/c1-10-7-14(22(2)21-10)20-16(24)19-9-12(15(18)23)8-11-3-5-13(17)6-4-11/h3-7,12H,8-9H2,1-2H3,(H2,18,23)(H2,19,20,24). The van der Waals surface area contributed by atoms with Gasteiger partial charge in [0, 0.05) is 19.7 Å². The van der Waals surface area contributed by atoms with E-state index in [1.165, 1.54) is 12.1 Å². The minimum Gasteiger partial charge on any atom is -0.369 e. The van der Waals surface area contributed by atoms with E-state index in [2.05, 4.69) is 15.7 Å². The zero-order valence-corrected chi connectivity index (χ0v) is 13.5. The fourth-order valence-corrected chi connectivity index (χ4v) is 2.28. The van der Waals surface area contributed by atoms with Gasteiger partial charge in [-0.2, -0.15) is 5.10 Å². The first-order valence-electron chi connectivity index (χ1n) is 7.44. The number of carbonyl (C=O) groups excluding carboxylic acids is 2. The molecule has 0 aliphatic carbocycles. The lowest BCUT2D eigenvalue weighted by atomic mass is 9.98. The van der Waals surface area contributed by atoms with Crippen LogP contribution in [0.25, 0.3) is 0 Å². The highest BCUT2D eigenvalue weighted by molar-refractivity contribution is 5.89. The Morgan fingerprint density at radius 1 is 1.33 bits per heavy atom. The van der Waals surface area contributed by atoms with Gasteiger partial charge in [-0.25, -0.2) is 9.18 Å². The molecule has 1 atom stereocenters. The maximum atomic E-state index is 12.9. The summed E-state index contributed by atoms with van der Waals surface area (Å²) < 4.78 is 14.5. The van der Waals surface area contributed by atoms with Crippen molar-refractivity contribution in [3.63, 3.8) is 0 Å². The first kappa shape index (κ1) is 17.5. The fraction of sp³-hybridized carbons (Fsp3) is 0.312. The minimum absolute atomic E-state index is 0.0787. The average Bonchev–Trinajstić information content (AvgIpc) is 2.82. The number of amides is 3. The van der Waals surface area contributed by atoms with Crippen molar-refractivity contribution in [1.29, 1.82) is 0 Å². The fourth-order valence-electron chi connectivity index (χ4n) is 2.28. The van der Waals surface area contributed by atoms with Crippen molar-refractivity contribution in [2.45, 2.75) is 13.3 Å². The number of nitrogens with zero attached hydrogens (tertiary/aromatic N) is 2. The molecular weight excluding hydrogens is 313 g/mol. The highest BCUT2D eigenvalue weighted by Crippen LogP contribution is 2.10. The van der Waals surface area contributed by atoms with E-state index < -0.39 is 17.9 Å². The molecule has 0 saturated heterocycles. The highest BCUT2D eigenvalue weighted by Gasteiger charge is 2.17. The summed E-state index contributed by atoms with van der Waals surface area (Å²) in [7, 11) is 1.71. The zero-order chi connectivity index (χ0) is 17.7. The monoisotopic (exact) mass is 333 g/mol. The molecule has 24 heavy (non-hydrogen) atoms. The molecule has 1 heterocycles. The second-order valence-corrected chi connectivity index (χ2v) is 5.56. The second kappa shape index (κ2) is 7.58. The summed E-state index contributed by atoms with van der Waals surface area (Å²) in [6, 6.07) is 7.08. The van der Waals surface area contributed by atoms with Crippen LogP contribution in [0.2, 0.25) is 0 Å². The summed E-state index contributed by atoms with van der Waals surface area (Å²) in [5, 5.41) is 9.38. The van der Waals surface area contributed by atoms with Crippen LogP contribution in [0.5, 0.6) is 0 Å². The molecule has 0 saturated carbocycles. The maximum Gasteiger partial charge on any atom is 0.320 e. The van der Waals surface area contributed by atoms with Crippen LogP contribution in [-0.2, 0) is 18.3 Å². The highest BCUT2D eigenvalue weighted by atomic mass is 19.1. The van der Waals surface area contributed by atoms with Gasteiger partial charge < -0.3 is 11.1 Å². The molecule has 0 bridgehead atoms. The molecule has 0 radical (unpaired) electrons. The summed E-state index contributed by atoms with van der Waals surface area (Å²) in [5.41, 5.74) is 6.93. The van der Waals surface area contributed by atoms with Gasteiger partial charge in [0.25, 0.3) is 0 Å². The number of urea groups is 1. The SMILES string of the molecule is Cc1cc(NC(=O)NCC(Cc2ccc(F)cc2)C(N)=O)n(C)n1. The molecule has 0 aliphatic rings. The minimum atomic E-state index is -0.588. The molecule has 8 heteroatoms.